The smallest absolute Gasteiger partial charge is 0.329 e. The van der Waals surface area contributed by atoms with Gasteiger partial charge in [0.1, 0.15) is 0 Å². The lowest BCUT2D eigenvalue weighted by Crippen LogP contribution is -2.13. The van der Waals surface area contributed by atoms with Gasteiger partial charge in [0.15, 0.2) is 33.9 Å². The van der Waals surface area contributed by atoms with Gasteiger partial charge in [-0.25, -0.2) is 0 Å². The molecule has 0 heterocycles. The standard InChI is InChI=1S/C12H8N10O12/c13-3-7(17(23)24)1(8(18(25)26)4(14)11(3)21(31)32)2-9(19(27)28)5(15)12(22(33)34)6(16)10(2)20(29)30/h13-16H2. The summed E-state index contributed by atoms with van der Waals surface area (Å²) in [4.78, 5) is 60.3. The van der Waals surface area contributed by atoms with Gasteiger partial charge in [-0.2, -0.15) is 0 Å². The van der Waals surface area contributed by atoms with Gasteiger partial charge in [-0.3, -0.25) is 60.7 Å². The van der Waals surface area contributed by atoms with Crippen LogP contribution in [0.1, 0.15) is 0 Å². The predicted octanol–water partition coefficient (Wildman–Crippen LogP) is 1.13. The minimum Gasteiger partial charge on any atom is -0.387 e. The molecule has 0 fully saturated rings. The molecular weight excluding hydrogens is 476 g/mol. The van der Waals surface area contributed by atoms with Gasteiger partial charge in [0.05, 0.1) is 29.5 Å². The van der Waals surface area contributed by atoms with E-state index in [1.54, 1.807) is 0 Å². The van der Waals surface area contributed by atoms with Gasteiger partial charge in [-0.15, -0.1) is 0 Å². The second-order valence-corrected chi connectivity index (χ2v) is 6.04. The van der Waals surface area contributed by atoms with E-state index >= 15 is 0 Å². The summed E-state index contributed by atoms with van der Waals surface area (Å²) >= 11 is 0. The highest BCUT2D eigenvalue weighted by molar-refractivity contribution is 6.09. The van der Waals surface area contributed by atoms with Gasteiger partial charge in [-0.1, -0.05) is 0 Å². The highest BCUT2D eigenvalue weighted by atomic mass is 16.7. The van der Waals surface area contributed by atoms with E-state index in [9.17, 15) is 60.7 Å². The number of nitro groups is 6. The first-order chi connectivity index (χ1) is 15.6. The Hall–Kier alpha value is -5.96. The molecule has 34 heavy (non-hydrogen) atoms. The number of hydrogen-bond donors (Lipinski definition) is 4. The SMILES string of the molecule is Nc1c([N+](=O)[O-])c(N)c([N+](=O)[O-])c(-c2c([N+](=O)[O-])c(N)c([N+](=O)[O-])c(N)c2[N+](=O)[O-])c1[N+](=O)[O-]. The van der Waals surface area contributed by atoms with Crippen molar-refractivity contribution in [3.63, 3.8) is 0 Å². The molecule has 2 aromatic rings. The Labute approximate surface area is 182 Å². The van der Waals surface area contributed by atoms with Gasteiger partial charge in [0.2, 0.25) is 0 Å². The van der Waals surface area contributed by atoms with Crippen LogP contribution in [-0.2, 0) is 0 Å². The predicted molar refractivity (Wildman–Crippen MR) is 109 cm³/mol. The fraction of sp³-hybridized carbons (Fsp3) is 0. The largest absolute Gasteiger partial charge is 0.387 e. The number of hydrogen-bond acceptors (Lipinski definition) is 16. The fourth-order valence-electron chi connectivity index (χ4n) is 3.13. The molecule has 178 valence electrons. The van der Waals surface area contributed by atoms with Gasteiger partial charge in [0, 0.05) is 0 Å². The van der Waals surface area contributed by atoms with Crippen molar-refractivity contribution in [2.75, 3.05) is 22.9 Å². The minimum atomic E-state index is -1.77. The minimum absolute atomic E-state index is 1.43. The summed E-state index contributed by atoms with van der Waals surface area (Å²) in [5, 5.41) is 69.4. The Morgan fingerprint density at radius 2 is 0.500 bits per heavy atom. The summed E-state index contributed by atoms with van der Waals surface area (Å²) < 4.78 is 0. The van der Waals surface area contributed by atoms with E-state index in [0.717, 1.165) is 0 Å². The molecule has 2 aromatic carbocycles. The Bertz CT molecular complexity index is 1180. The second-order valence-electron chi connectivity index (χ2n) is 6.04. The number of rotatable bonds is 7. The number of nitro benzene ring substituents is 6. The molecule has 0 saturated heterocycles. The molecule has 22 nitrogen and oxygen atoms in total. The average Bonchev–Trinajstić information content (AvgIpc) is 2.64. The molecule has 2 rings (SSSR count). The van der Waals surface area contributed by atoms with Gasteiger partial charge in [0.25, 0.3) is 0 Å². The molecule has 22 heteroatoms. The van der Waals surface area contributed by atoms with E-state index in [0.29, 0.717) is 0 Å². The van der Waals surface area contributed by atoms with Crippen molar-refractivity contribution in [3.8, 4) is 11.1 Å². The van der Waals surface area contributed by atoms with E-state index in [2.05, 4.69) is 0 Å². The van der Waals surface area contributed by atoms with E-state index in [1.807, 2.05) is 0 Å². The number of benzene rings is 2. The number of anilines is 4. The maximum absolute atomic E-state index is 11.7. The molecule has 0 radical (unpaired) electrons. The maximum Gasteiger partial charge on any atom is 0.329 e. The fourth-order valence-corrected chi connectivity index (χ4v) is 3.13. The van der Waals surface area contributed by atoms with Gasteiger partial charge < -0.3 is 22.9 Å². The summed E-state index contributed by atoms with van der Waals surface area (Å²) in [6.07, 6.45) is 0. The number of nitrogen functional groups attached to an aromatic ring is 4. The molecule has 0 unspecified atom stereocenters. The molecule has 0 spiro atoms. The molecule has 0 aliphatic rings. The highest BCUT2D eigenvalue weighted by Gasteiger charge is 2.49. The summed E-state index contributed by atoms with van der Waals surface area (Å²) in [6, 6.07) is 0. The third-order valence-corrected chi connectivity index (χ3v) is 4.33. The van der Waals surface area contributed by atoms with Gasteiger partial charge >= 0.3 is 34.1 Å². The van der Waals surface area contributed by atoms with E-state index < -0.39 is 97.5 Å². The number of nitrogens with two attached hydrogens (primary N) is 4. The monoisotopic (exact) mass is 484 g/mol. The quantitative estimate of drug-likeness (QED) is 0.243. The van der Waals surface area contributed by atoms with Crippen molar-refractivity contribution in [2.24, 2.45) is 0 Å². The van der Waals surface area contributed by atoms with Crippen LogP contribution in [0.4, 0.5) is 56.9 Å². The molecule has 0 atom stereocenters. The molecule has 8 N–H and O–H groups in total. The summed E-state index contributed by atoms with van der Waals surface area (Å²) in [7, 11) is 0. The van der Waals surface area contributed by atoms with Crippen LogP contribution in [0.2, 0.25) is 0 Å². The number of nitrogens with zero attached hydrogens (tertiary/aromatic N) is 6. The topological polar surface area (TPSA) is 363 Å². The molecule has 0 aromatic heterocycles. The van der Waals surface area contributed by atoms with Crippen molar-refractivity contribution in [1.82, 2.24) is 0 Å². The summed E-state index contributed by atoms with van der Waals surface area (Å²) in [5.74, 6) is 0. The normalized spacial score (nSPS) is 10.5. The third kappa shape index (κ3) is 3.33. The maximum atomic E-state index is 11.7. The Balaban J connectivity index is 3.53. The molecule has 0 saturated carbocycles. The van der Waals surface area contributed by atoms with E-state index in [-0.39, 0.29) is 0 Å². The second kappa shape index (κ2) is 7.94. The van der Waals surface area contributed by atoms with Crippen LogP contribution in [0.15, 0.2) is 0 Å². The van der Waals surface area contributed by atoms with Crippen LogP contribution in [0, 0.1) is 60.7 Å². The zero-order chi connectivity index (χ0) is 26.4. The van der Waals surface area contributed by atoms with Crippen LogP contribution in [0.5, 0.6) is 0 Å². The van der Waals surface area contributed by atoms with Crippen LogP contribution in [0.25, 0.3) is 11.1 Å². The average molecular weight is 484 g/mol. The van der Waals surface area contributed by atoms with Crippen molar-refractivity contribution in [1.29, 1.82) is 0 Å². The lowest BCUT2D eigenvalue weighted by Gasteiger charge is -2.13. The molecule has 0 amide bonds. The lowest BCUT2D eigenvalue weighted by molar-refractivity contribution is -0.402. The van der Waals surface area contributed by atoms with Crippen LogP contribution in [-0.4, -0.2) is 29.5 Å². The molecular formula is C12H8N10O12. The van der Waals surface area contributed by atoms with E-state index in [1.165, 1.54) is 0 Å². The molecule has 0 aliphatic heterocycles. The van der Waals surface area contributed by atoms with Gasteiger partial charge in [-0.05, 0) is 0 Å². The van der Waals surface area contributed by atoms with Crippen molar-refractivity contribution >= 4 is 56.9 Å². The van der Waals surface area contributed by atoms with Crippen LogP contribution in [0.3, 0.4) is 0 Å². The third-order valence-electron chi connectivity index (χ3n) is 4.33. The van der Waals surface area contributed by atoms with Crippen LogP contribution < -0.4 is 22.9 Å². The molecule has 0 aliphatic carbocycles. The Kier molecular flexibility index (Phi) is 5.68. The first kappa shape index (κ1) is 24.3. The summed E-state index contributed by atoms with van der Waals surface area (Å²) in [6.45, 7) is 0. The van der Waals surface area contributed by atoms with Crippen molar-refractivity contribution < 1.29 is 29.5 Å². The van der Waals surface area contributed by atoms with Crippen LogP contribution >= 0.6 is 0 Å². The highest BCUT2D eigenvalue weighted by Crippen LogP contribution is 2.59. The Morgan fingerprint density at radius 3 is 0.618 bits per heavy atom. The first-order valence-corrected chi connectivity index (χ1v) is 7.94. The van der Waals surface area contributed by atoms with Crippen molar-refractivity contribution in [2.45, 2.75) is 0 Å². The first-order valence-electron chi connectivity index (χ1n) is 7.94. The lowest BCUT2D eigenvalue weighted by atomic mass is 9.93. The summed E-state index contributed by atoms with van der Waals surface area (Å²) in [5.41, 5.74) is 2.27. The molecule has 0 bridgehead atoms. The Morgan fingerprint density at radius 1 is 0.353 bits per heavy atom. The van der Waals surface area contributed by atoms with Crippen molar-refractivity contribution in [3.05, 3.63) is 60.7 Å². The zero-order valence-electron chi connectivity index (χ0n) is 15.9. The zero-order valence-corrected chi connectivity index (χ0v) is 15.9. The van der Waals surface area contributed by atoms with E-state index in [4.69, 9.17) is 22.9 Å².